The average molecular weight is 371 g/mol. The molecule has 1 amide bonds. The molecular formula is C21H23ClN2O2. The van der Waals surface area contributed by atoms with E-state index in [0.717, 1.165) is 24.0 Å². The molecule has 26 heavy (non-hydrogen) atoms. The van der Waals surface area contributed by atoms with Gasteiger partial charge in [-0.1, -0.05) is 48.0 Å². The molecule has 2 aliphatic heterocycles. The van der Waals surface area contributed by atoms with Gasteiger partial charge in [-0.3, -0.25) is 5.32 Å². The van der Waals surface area contributed by atoms with E-state index in [1.54, 1.807) is 6.07 Å². The van der Waals surface area contributed by atoms with E-state index in [1.807, 2.05) is 42.5 Å². The Morgan fingerprint density at radius 1 is 1.12 bits per heavy atom. The van der Waals surface area contributed by atoms with E-state index in [9.17, 15) is 4.79 Å². The fourth-order valence-electron chi connectivity index (χ4n) is 4.14. The van der Waals surface area contributed by atoms with Crippen molar-refractivity contribution in [1.82, 2.24) is 5.32 Å². The molecule has 4 nitrogen and oxygen atoms in total. The van der Waals surface area contributed by atoms with Crippen molar-refractivity contribution >= 4 is 23.4 Å². The molecule has 2 bridgehead atoms. The Bertz CT molecular complexity index is 769. The smallest absolute Gasteiger partial charge is 0.411 e. The minimum atomic E-state index is -0.421. The van der Waals surface area contributed by atoms with E-state index in [2.05, 4.69) is 10.6 Å². The monoisotopic (exact) mass is 370 g/mol. The van der Waals surface area contributed by atoms with Crippen LogP contribution in [0.3, 0.4) is 0 Å². The SMILES string of the molecule is O=C(Nc1cc(Cl)ccc1-c1ccccc1)OCC1CC2CCC(C1)N2. The summed E-state index contributed by atoms with van der Waals surface area (Å²) in [5.74, 6) is 0.451. The van der Waals surface area contributed by atoms with Gasteiger partial charge in [-0.05, 0) is 49.3 Å². The first-order chi connectivity index (χ1) is 12.7. The maximum Gasteiger partial charge on any atom is 0.411 e. The highest BCUT2D eigenvalue weighted by molar-refractivity contribution is 6.31. The first-order valence-corrected chi connectivity index (χ1v) is 9.60. The zero-order chi connectivity index (χ0) is 17.9. The number of carbonyl (C=O) groups is 1. The average Bonchev–Trinajstić information content (AvgIpc) is 2.99. The van der Waals surface area contributed by atoms with Crippen molar-refractivity contribution in [2.45, 2.75) is 37.8 Å². The maximum atomic E-state index is 12.3. The number of amides is 1. The fourth-order valence-corrected chi connectivity index (χ4v) is 4.31. The summed E-state index contributed by atoms with van der Waals surface area (Å²) >= 11 is 6.13. The van der Waals surface area contributed by atoms with Crippen LogP contribution >= 0.6 is 11.6 Å². The molecule has 2 N–H and O–H groups in total. The molecule has 5 heteroatoms. The highest BCUT2D eigenvalue weighted by Crippen LogP contribution is 2.32. The largest absolute Gasteiger partial charge is 0.449 e. The number of hydrogen-bond donors (Lipinski definition) is 2. The summed E-state index contributed by atoms with van der Waals surface area (Å²) in [6.07, 6.45) is 4.26. The van der Waals surface area contributed by atoms with Crippen LogP contribution in [0.2, 0.25) is 5.02 Å². The maximum absolute atomic E-state index is 12.3. The second-order valence-corrected chi connectivity index (χ2v) is 7.69. The Morgan fingerprint density at radius 2 is 1.85 bits per heavy atom. The number of hydrogen-bond acceptors (Lipinski definition) is 3. The van der Waals surface area contributed by atoms with E-state index in [-0.39, 0.29) is 0 Å². The fraction of sp³-hybridized carbons (Fsp3) is 0.381. The first kappa shape index (κ1) is 17.4. The number of halogens is 1. The summed E-state index contributed by atoms with van der Waals surface area (Å²) in [5.41, 5.74) is 2.61. The van der Waals surface area contributed by atoms with Gasteiger partial charge < -0.3 is 10.1 Å². The molecule has 2 saturated heterocycles. The number of nitrogens with one attached hydrogen (secondary N) is 2. The van der Waals surface area contributed by atoms with Crippen molar-refractivity contribution in [3.63, 3.8) is 0 Å². The number of ether oxygens (including phenoxy) is 1. The van der Waals surface area contributed by atoms with E-state index in [4.69, 9.17) is 16.3 Å². The zero-order valence-corrected chi connectivity index (χ0v) is 15.3. The molecule has 0 aliphatic carbocycles. The van der Waals surface area contributed by atoms with Crippen molar-refractivity contribution in [2.75, 3.05) is 11.9 Å². The lowest BCUT2D eigenvalue weighted by Gasteiger charge is -2.28. The van der Waals surface area contributed by atoms with Gasteiger partial charge in [-0.2, -0.15) is 0 Å². The lowest BCUT2D eigenvalue weighted by molar-refractivity contribution is 0.122. The Hall–Kier alpha value is -2.04. The van der Waals surface area contributed by atoms with Crippen molar-refractivity contribution < 1.29 is 9.53 Å². The van der Waals surface area contributed by atoms with Crippen LogP contribution in [0, 0.1) is 5.92 Å². The standard InChI is InChI=1S/C21H23ClN2O2/c22-16-6-9-19(15-4-2-1-3-5-15)20(12-16)24-21(25)26-13-14-10-17-7-8-18(11-14)23-17/h1-6,9,12,14,17-18,23H,7-8,10-11,13H2,(H,24,25). The van der Waals surface area contributed by atoms with E-state index in [1.165, 1.54) is 12.8 Å². The lowest BCUT2D eigenvalue weighted by atomic mass is 9.93. The summed E-state index contributed by atoms with van der Waals surface area (Å²) in [4.78, 5) is 12.3. The Balaban J connectivity index is 1.40. The third-order valence-corrected chi connectivity index (χ3v) is 5.56. The number of benzene rings is 2. The van der Waals surface area contributed by atoms with Crippen LogP contribution in [0.25, 0.3) is 11.1 Å². The van der Waals surface area contributed by atoms with Crippen molar-refractivity contribution in [1.29, 1.82) is 0 Å². The molecule has 2 aromatic carbocycles. The van der Waals surface area contributed by atoms with Crippen LogP contribution in [0.4, 0.5) is 10.5 Å². The predicted octanol–water partition coefficient (Wildman–Crippen LogP) is 5.09. The number of piperidine rings is 1. The second-order valence-electron chi connectivity index (χ2n) is 7.25. The van der Waals surface area contributed by atoms with Crippen LogP contribution in [0.1, 0.15) is 25.7 Å². The van der Waals surface area contributed by atoms with Crippen molar-refractivity contribution in [3.8, 4) is 11.1 Å². The Morgan fingerprint density at radius 3 is 2.58 bits per heavy atom. The van der Waals surface area contributed by atoms with Crippen LogP contribution in [-0.4, -0.2) is 24.8 Å². The summed E-state index contributed by atoms with van der Waals surface area (Å²) in [6.45, 7) is 0.474. The van der Waals surface area contributed by atoms with Crippen LogP contribution in [0.15, 0.2) is 48.5 Å². The van der Waals surface area contributed by atoms with Gasteiger partial charge in [0.05, 0.1) is 12.3 Å². The molecule has 0 aromatic heterocycles. The number of fused-ring (bicyclic) bond motifs is 2. The summed E-state index contributed by atoms with van der Waals surface area (Å²) in [5, 5.41) is 7.05. The number of carbonyl (C=O) groups excluding carboxylic acids is 1. The molecule has 2 fully saturated rings. The van der Waals surface area contributed by atoms with Gasteiger partial charge in [0.25, 0.3) is 0 Å². The second kappa shape index (κ2) is 7.68. The van der Waals surface area contributed by atoms with Crippen molar-refractivity contribution in [3.05, 3.63) is 53.6 Å². The van der Waals surface area contributed by atoms with Gasteiger partial charge in [-0.25, -0.2) is 4.79 Å². The summed E-state index contributed by atoms with van der Waals surface area (Å²) < 4.78 is 5.52. The molecule has 4 rings (SSSR count). The molecular weight excluding hydrogens is 348 g/mol. The molecule has 2 heterocycles. The van der Waals surface area contributed by atoms with Gasteiger partial charge in [0.15, 0.2) is 0 Å². The van der Waals surface area contributed by atoms with Gasteiger partial charge >= 0.3 is 6.09 Å². The van der Waals surface area contributed by atoms with Gasteiger partial charge in [0, 0.05) is 22.7 Å². The Kier molecular flexibility index (Phi) is 5.14. The molecule has 0 spiro atoms. The van der Waals surface area contributed by atoms with Crippen LogP contribution in [-0.2, 0) is 4.74 Å². The van der Waals surface area contributed by atoms with E-state index in [0.29, 0.717) is 35.3 Å². The molecule has 2 atom stereocenters. The predicted molar refractivity (Wildman–Crippen MR) is 105 cm³/mol. The zero-order valence-electron chi connectivity index (χ0n) is 14.6. The number of rotatable bonds is 4. The molecule has 2 unspecified atom stereocenters. The van der Waals surface area contributed by atoms with Crippen LogP contribution < -0.4 is 10.6 Å². The van der Waals surface area contributed by atoms with Crippen molar-refractivity contribution in [2.24, 2.45) is 5.92 Å². The summed E-state index contributed by atoms with van der Waals surface area (Å²) in [7, 11) is 0. The summed E-state index contributed by atoms with van der Waals surface area (Å²) in [6, 6.07) is 16.6. The normalized spacial score (nSPS) is 24.3. The van der Waals surface area contributed by atoms with Gasteiger partial charge in [0.1, 0.15) is 0 Å². The molecule has 2 aromatic rings. The molecule has 136 valence electrons. The highest BCUT2D eigenvalue weighted by Gasteiger charge is 2.33. The van der Waals surface area contributed by atoms with Gasteiger partial charge in [-0.15, -0.1) is 0 Å². The first-order valence-electron chi connectivity index (χ1n) is 9.22. The molecule has 2 aliphatic rings. The Labute approximate surface area is 158 Å². The quantitative estimate of drug-likeness (QED) is 0.788. The van der Waals surface area contributed by atoms with E-state index >= 15 is 0 Å². The minimum Gasteiger partial charge on any atom is -0.449 e. The minimum absolute atomic E-state index is 0.421. The third-order valence-electron chi connectivity index (χ3n) is 5.32. The third kappa shape index (κ3) is 4.02. The lowest BCUT2D eigenvalue weighted by Crippen LogP contribution is -2.39. The molecule has 0 radical (unpaired) electrons. The highest BCUT2D eigenvalue weighted by atomic mass is 35.5. The van der Waals surface area contributed by atoms with Gasteiger partial charge in [0.2, 0.25) is 0 Å². The number of anilines is 1. The molecule has 0 saturated carbocycles. The topological polar surface area (TPSA) is 50.4 Å². The van der Waals surface area contributed by atoms with E-state index < -0.39 is 6.09 Å². The van der Waals surface area contributed by atoms with Crippen LogP contribution in [0.5, 0.6) is 0 Å².